The highest BCUT2D eigenvalue weighted by molar-refractivity contribution is 7.99. The van der Waals surface area contributed by atoms with Crippen LogP contribution >= 0.6 is 11.8 Å². The van der Waals surface area contributed by atoms with Crippen LogP contribution in [0.4, 0.5) is 0 Å². The summed E-state index contributed by atoms with van der Waals surface area (Å²) in [5.74, 6) is 2.60. The van der Waals surface area contributed by atoms with Crippen molar-refractivity contribution in [3.63, 3.8) is 0 Å². The lowest BCUT2D eigenvalue weighted by Crippen LogP contribution is -2.56. The maximum atomic E-state index is 2.74. The first kappa shape index (κ1) is 13.7. The molecule has 0 aliphatic carbocycles. The minimum absolute atomic E-state index is 0.790. The van der Waals surface area contributed by atoms with Crippen LogP contribution < -0.4 is 0 Å². The molecule has 2 unspecified atom stereocenters. The molecule has 2 saturated heterocycles. The summed E-state index contributed by atoms with van der Waals surface area (Å²) in [5.41, 5.74) is 0. The molecule has 2 rings (SSSR count). The average Bonchev–Trinajstić information content (AvgIpc) is 2.38. The number of fused-ring (bicyclic) bond motifs is 1. The van der Waals surface area contributed by atoms with Crippen LogP contribution in [0.2, 0.25) is 0 Å². The molecule has 2 fully saturated rings. The summed E-state index contributed by atoms with van der Waals surface area (Å²) in [6.07, 6.45) is 5.69. The van der Waals surface area contributed by atoms with Crippen LogP contribution in [0.1, 0.15) is 39.5 Å². The van der Waals surface area contributed by atoms with Crippen LogP contribution in [0.5, 0.6) is 0 Å². The van der Waals surface area contributed by atoms with Gasteiger partial charge in [0, 0.05) is 31.7 Å². The molecule has 2 atom stereocenters. The lowest BCUT2D eigenvalue weighted by molar-refractivity contribution is 0.0306. The van der Waals surface area contributed by atoms with E-state index in [9.17, 15) is 0 Å². The Morgan fingerprint density at radius 3 is 2.94 bits per heavy atom. The summed E-state index contributed by atoms with van der Waals surface area (Å²) in [7, 11) is 0. The van der Waals surface area contributed by atoms with Gasteiger partial charge in [0.15, 0.2) is 0 Å². The van der Waals surface area contributed by atoms with E-state index in [1.807, 2.05) is 0 Å². The van der Waals surface area contributed by atoms with Gasteiger partial charge < -0.3 is 0 Å². The maximum Gasteiger partial charge on any atom is 0.0223 e. The first-order chi connectivity index (χ1) is 8.31. The first-order valence-electron chi connectivity index (χ1n) is 7.37. The van der Waals surface area contributed by atoms with Gasteiger partial charge in [0.25, 0.3) is 0 Å². The first-order valence-corrected chi connectivity index (χ1v) is 8.52. The van der Waals surface area contributed by atoms with Crippen molar-refractivity contribution >= 4 is 11.8 Å². The van der Waals surface area contributed by atoms with Crippen molar-refractivity contribution in [3.05, 3.63) is 0 Å². The van der Waals surface area contributed by atoms with Crippen molar-refractivity contribution in [3.8, 4) is 0 Å². The second kappa shape index (κ2) is 7.01. The molecule has 0 N–H and O–H groups in total. The number of piperidine rings is 1. The van der Waals surface area contributed by atoms with E-state index < -0.39 is 0 Å². The van der Waals surface area contributed by atoms with Crippen molar-refractivity contribution in [2.24, 2.45) is 0 Å². The van der Waals surface area contributed by atoms with Gasteiger partial charge in [-0.3, -0.25) is 9.80 Å². The van der Waals surface area contributed by atoms with Gasteiger partial charge in [-0.1, -0.05) is 13.3 Å². The Morgan fingerprint density at radius 2 is 2.12 bits per heavy atom. The Labute approximate surface area is 111 Å². The van der Waals surface area contributed by atoms with Crippen LogP contribution in [0.25, 0.3) is 0 Å². The number of hydrogen-bond acceptors (Lipinski definition) is 3. The van der Waals surface area contributed by atoms with Gasteiger partial charge in [0.2, 0.25) is 0 Å². The average molecular weight is 256 g/mol. The summed E-state index contributed by atoms with van der Waals surface area (Å²) in [4.78, 5) is 5.47. The smallest absolute Gasteiger partial charge is 0.0223 e. The molecule has 17 heavy (non-hydrogen) atoms. The number of rotatable bonds is 5. The number of thioether (sulfide) groups is 1. The van der Waals surface area contributed by atoms with Gasteiger partial charge in [0.1, 0.15) is 0 Å². The summed E-state index contributed by atoms with van der Waals surface area (Å²) in [5, 5.41) is 0. The molecule has 3 heteroatoms. The van der Waals surface area contributed by atoms with E-state index in [0.717, 1.165) is 12.1 Å². The monoisotopic (exact) mass is 256 g/mol. The zero-order valence-electron chi connectivity index (χ0n) is 11.5. The van der Waals surface area contributed by atoms with E-state index in [1.54, 1.807) is 0 Å². The van der Waals surface area contributed by atoms with Crippen LogP contribution in [0, 0.1) is 0 Å². The maximum absolute atomic E-state index is 2.74. The summed E-state index contributed by atoms with van der Waals surface area (Å²) in [6.45, 7) is 9.99. The third-order valence-electron chi connectivity index (χ3n) is 4.38. The van der Waals surface area contributed by atoms with Crippen molar-refractivity contribution < 1.29 is 0 Å². The van der Waals surface area contributed by atoms with E-state index in [0.29, 0.717) is 0 Å². The lowest BCUT2D eigenvalue weighted by Gasteiger charge is -2.46. The minimum Gasteiger partial charge on any atom is -0.298 e. The van der Waals surface area contributed by atoms with Gasteiger partial charge in [0.05, 0.1) is 0 Å². The Hall–Kier alpha value is 0.270. The number of nitrogens with zero attached hydrogens (tertiary/aromatic N) is 2. The highest BCUT2D eigenvalue weighted by Gasteiger charge is 2.30. The second-order valence-corrected chi connectivity index (χ2v) is 6.91. The molecule has 0 aromatic heterocycles. The molecule has 0 aromatic carbocycles. The van der Waals surface area contributed by atoms with E-state index in [4.69, 9.17) is 0 Å². The van der Waals surface area contributed by atoms with E-state index in [2.05, 4.69) is 35.4 Å². The van der Waals surface area contributed by atoms with Crippen LogP contribution in [0.15, 0.2) is 0 Å². The Bertz CT molecular complexity index is 222. The molecule has 100 valence electrons. The van der Waals surface area contributed by atoms with Gasteiger partial charge in [-0.05, 0) is 44.2 Å². The summed E-state index contributed by atoms with van der Waals surface area (Å²) < 4.78 is 0. The molecule has 2 nitrogen and oxygen atoms in total. The Balaban J connectivity index is 1.74. The fourth-order valence-corrected chi connectivity index (χ4v) is 3.96. The van der Waals surface area contributed by atoms with Crippen LogP contribution in [-0.2, 0) is 0 Å². The van der Waals surface area contributed by atoms with E-state index in [-0.39, 0.29) is 0 Å². The lowest BCUT2D eigenvalue weighted by atomic mass is 9.98. The van der Waals surface area contributed by atoms with Gasteiger partial charge in [-0.2, -0.15) is 11.8 Å². The fraction of sp³-hybridized carbons (Fsp3) is 1.00. The van der Waals surface area contributed by atoms with Crippen molar-refractivity contribution in [2.75, 3.05) is 37.7 Å². The number of hydrogen-bond donors (Lipinski definition) is 0. The highest BCUT2D eigenvalue weighted by Crippen LogP contribution is 2.23. The van der Waals surface area contributed by atoms with Crippen molar-refractivity contribution in [1.82, 2.24) is 9.80 Å². The zero-order valence-corrected chi connectivity index (χ0v) is 12.3. The largest absolute Gasteiger partial charge is 0.298 e. The fourth-order valence-electron chi connectivity index (χ4n) is 3.16. The van der Waals surface area contributed by atoms with Crippen LogP contribution in [-0.4, -0.2) is 59.6 Å². The molecular weight excluding hydrogens is 228 g/mol. The molecule has 0 aromatic rings. The molecule has 0 saturated carbocycles. The third-order valence-corrected chi connectivity index (χ3v) is 5.31. The molecule has 0 radical (unpaired) electrons. The van der Waals surface area contributed by atoms with Gasteiger partial charge in [-0.25, -0.2) is 0 Å². The molecule has 0 spiro atoms. The zero-order chi connectivity index (χ0) is 12.1. The standard InChI is InChI=1S/C14H28N2S/c1-3-17-11-7-13(2)16-10-9-15-8-5-4-6-14(15)12-16/h13-14H,3-12H2,1-2H3. The third kappa shape index (κ3) is 3.87. The molecule has 2 aliphatic rings. The predicted molar refractivity (Wildman–Crippen MR) is 77.9 cm³/mol. The van der Waals surface area contributed by atoms with Crippen LogP contribution in [0.3, 0.4) is 0 Å². The Morgan fingerprint density at radius 1 is 1.24 bits per heavy atom. The Kier molecular flexibility index (Phi) is 5.64. The summed E-state index contributed by atoms with van der Waals surface area (Å²) in [6, 6.07) is 1.66. The molecule has 2 heterocycles. The quantitative estimate of drug-likeness (QED) is 0.698. The van der Waals surface area contributed by atoms with Crippen molar-refractivity contribution in [2.45, 2.75) is 51.6 Å². The van der Waals surface area contributed by atoms with E-state index >= 15 is 0 Å². The molecular formula is C14H28N2S. The van der Waals surface area contributed by atoms with Crippen molar-refractivity contribution in [1.29, 1.82) is 0 Å². The van der Waals surface area contributed by atoms with Gasteiger partial charge in [-0.15, -0.1) is 0 Å². The SMILES string of the molecule is CCSCCC(C)N1CCN2CCCCC2C1. The molecule has 0 amide bonds. The summed E-state index contributed by atoms with van der Waals surface area (Å²) >= 11 is 2.09. The topological polar surface area (TPSA) is 6.48 Å². The van der Waals surface area contributed by atoms with E-state index in [1.165, 1.54) is 63.4 Å². The second-order valence-electron chi connectivity index (χ2n) is 5.52. The predicted octanol–water partition coefficient (Wildman–Crippen LogP) is 2.69. The molecule has 2 aliphatic heterocycles. The highest BCUT2D eigenvalue weighted by atomic mass is 32.2. The molecule has 0 bridgehead atoms. The van der Waals surface area contributed by atoms with Gasteiger partial charge >= 0.3 is 0 Å². The number of piperazine rings is 1. The minimum atomic E-state index is 0.790. The normalized spacial score (nSPS) is 28.9.